The van der Waals surface area contributed by atoms with Gasteiger partial charge in [0.05, 0.1) is 19.3 Å². The summed E-state index contributed by atoms with van der Waals surface area (Å²) in [5.41, 5.74) is 2.47. The van der Waals surface area contributed by atoms with Crippen LogP contribution in [0.3, 0.4) is 0 Å². The van der Waals surface area contributed by atoms with Crippen molar-refractivity contribution in [2.45, 2.75) is 39.3 Å². The molecule has 2 rings (SSSR count). The molecule has 0 unspecified atom stereocenters. The molecule has 0 radical (unpaired) electrons. The van der Waals surface area contributed by atoms with Gasteiger partial charge in [-0.3, -0.25) is 10.1 Å². The van der Waals surface area contributed by atoms with E-state index in [1.807, 2.05) is 4.90 Å². The smallest absolute Gasteiger partial charge is 0.239 e. The minimum Gasteiger partial charge on any atom is -0.378 e. The van der Waals surface area contributed by atoms with Gasteiger partial charge in [0, 0.05) is 19.1 Å². The van der Waals surface area contributed by atoms with E-state index >= 15 is 0 Å². The van der Waals surface area contributed by atoms with Crippen molar-refractivity contribution in [1.82, 2.24) is 10.2 Å². The summed E-state index contributed by atoms with van der Waals surface area (Å²) in [5, 5.41) is 3.48. The van der Waals surface area contributed by atoms with Crippen molar-refractivity contribution < 1.29 is 9.53 Å². The van der Waals surface area contributed by atoms with E-state index in [-0.39, 0.29) is 18.0 Å². The van der Waals surface area contributed by atoms with E-state index in [2.05, 4.69) is 50.4 Å². The number of aryl methyl sites for hydroxylation is 1. The van der Waals surface area contributed by atoms with Crippen LogP contribution in [0.4, 0.5) is 0 Å². The number of hydrogen-bond acceptors (Lipinski definition) is 3. The fourth-order valence-electron chi connectivity index (χ4n) is 2.71. The van der Waals surface area contributed by atoms with Gasteiger partial charge in [-0.25, -0.2) is 0 Å². The number of carbonyl (C=O) groups excluding carboxylic acids is 1. The third-order valence-electron chi connectivity index (χ3n) is 4.02. The molecule has 0 aromatic heterocycles. The van der Waals surface area contributed by atoms with Crippen LogP contribution >= 0.6 is 0 Å². The molecule has 0 bridgehead atoms. The van der Waals surface area contributed by atoms with Crippen LogP contribution in [0.1, 0.15) is 37.4 Å². The molecule has 0 aliphatic carbocycles. The lowest BCUT2D eigenvalue weighted by molar-refractivity contribution is -0.137. The minimum atomic E-state index is -0.126. The van der Waals surface area contributed by atoms with Gasteiger partial charge in [-0.1, -0.05) is 36.8 Å². The summed E-state index contributed by atoms with van der Waals surface area (Å²) in [6.07, 6.45) is 0.798. The van der Waals surface area contributed by atoms with Crippen LogP contribution in [-0.4, -0.2) is 43.2 Å². The number of morpholine rings is 1. The molecule has 1 N–H and O–H groups in total. The number of carbonyl (C=O) groups is 1. The van der Waals surface area contributed by atoms with Crippen LogP contribution in [-0.2, 0) is 9.53 Å². The zero-order chi connectivity index (χ0) is 15.2. The van der Waals surface area contributed by atoms with Gasteiger partial charge in [0.25, 0.3) is 0 Å². The highest BCUT2D eigenvalue weighted by molar-refractivity contribution is 5.82. The zero-order valence-corrected chi connectivity index (χ0v) is 13.3. The highest BCUT2D eigenvalue weighted by atomic mass is 16.5. The van der Waals surface area contributed by atoms with Gasteiger partial charge in [0.15, 0.2) is 0 Å². The van der Waals surface area contributed by atoms with Crippen molar-refractivity contribution in [2.24, 2.45) is 0 Å². The summed E-state index contributed by atoms with van der Waals surface area (Å²) in [6, 6.07) is 8.47. The molecule has 4 heteroatoms. The van der Waals surface area contributed by atoms with Gasteiger partial charge in [0.1, 0.15) is 0 Å². The summed E-state index contributed by atoms with van der Waals surface area (Å²) >= 11 is 0. The molecule has 1 heterocycles. The number of nitrogens with one attached hydrogen (secondary N) is 1. The van der Waals surface area contributed by atoms with Crippen LogP contribution in [0.15, 0.2) is 24.3 Å². The molecule has 1 saturated heterocycles. The molecule has 4 nitrogen and oxygen atoms in total. The van der Waals surface area contributed by atoms with E-state index in [4.69, 9.17) is 4.74 Å². The lowest BCUT2D eigenvalue weighted by atomic mass is 10.0. The summed E-state index contributed by atoms with van der Waals surface area (Å²) in [7, 11) is 0. The Bertz CT molecular complexity index is 470. The Labute approximate surface area is 127 Å². The maximum atomic E-state index is 12.6. The van der Waals surface area contributed by atoms with Crippen LogP contribution in [0.5, 0.6) is 0 Å². The van der Waals surface area contributed by atoms with Crippen molar-refractivity contribution in [1.29, 1.82) is 0 Å². The topological polar surface area (TPSA) is 41.6 Å². The number of amides is 1. The monoisotopic (exact) mass is 290 g/mol. The SMILES string of the molecule is CC[C@H](N[C@H](C)c1cccc(C)c1)C(=O)N1CCOCC1. The molecule has 0 saturated carbocycles. The molecule has 21 heavy (non-hydrogen) atoms. The van der Waals surface area contributed by atoms with Crippen LogP contribution in [0.2, 0.25) is 0 Å². The molecule has 1 aromatic carbocycles. The first kappa shape index (κ1) is 16.0. The standard InChI is InChI=1S/C17H26N2O2/c1-4-16(17(20)19-8-10-21-11-9-19)18-14(3)15-7-5-6-13(2)12-15/h5-7,12,14,16,18H,4,8-11H2,1-3H3/t14-,16+/m1/s1. The van der Waals surface area contributed by atoms with Crippen LogP contribution in [0.25, 0.3) is 0 Å². The van der Waals surface area contributed by atoms with Crippen LogP contribution < -0.4 is 5.32 Å². The van der Waals surface area contributed by atoms with Gasteiger partial charge in [-0.15, -0.1) is 0 Å². The minimum absolute atomic E-state index is 0.126. The molecule has 1 aliphatic heterocycles. The molecular formula is C17H26N2O2. The van der Waals surface area contributed by atoms with Crippen molar-refractivity contribution in [3.8, 4) is 0 Å². The predicted molar refractivity (Wildman–Crippen MR) is 84.2 cm³/mol. The Morgan fingerprint density at radius 3 is 2.71 bits per heavy atom. The van der Waals surface area contributed by atoms with Crippen molar-refractivity contribution in [3.63, 3.8) is 0 Å². The molecule has 2 atom stereocenters. The molecular weight excluding hydrogens is 264 g/mol. The Morgan fingerprint density at radius 2 is 2.10 bits per heavy atom. The second kappa shape index (κ2) is 7.57. The number of rotatable bonds is 5. The second-order valence-electron chi connectivity index (χ2n) is 5.70. The number of nitrogens with zero attached hydrogens (tertiary/aromatic N) is 1. The average Bonchev–Trinajstić information content (AvgIpc) is 2.52. The first-order chi connectivity index (χ1) is 10.1. The first-order valence-corrected chi connectivity index (χ1v) is 7.81. The van der Waals surface area contributed by atoms with Crippen molar-refractivity contribution in [2.75, 3.05) is 26.3 Å². The van der Waals surface area contributed by atoms with E-state index in [1.54, 1.807) is 0 Å². The van der Waals surface area contributed by atoms with Crippen molar-refractivity contribution in [3.05, 3.63) is 35.4 Å². The second-order valence-corrected chi connectivity index (χ2v) is 5.70. The Hall–Kier alpha value is -1.39. The van der Waals surface area contributed by atoms with Gasteiger partial charge in [0.2, 0.25) is 5.91 Å². The lowest BCUT2D eigenvalue weighted by Gasteiger charge is -2.31. The maximum Gasteiger partial charge on any atom is 0.239 e. The largest absolute Gasteiger partial charge is 0.378 e. The molecule has 1 aromatic rings. The summed E-state index contributed by atoms with van der Waals surface area (Å²) in [4.78, 5) is 14.5. The van der Waals surface area contributed by atoms with E-state index in [0.717, 1.165) is 6.42 Å². The first-order valence-electron chi connectivity index (χ1n) is 7.81. The zero-order valence-electron chi connectivity index (χ0n) is 13.3. The fraction of sp³-hybridized carbons (Fsp3) is 0.588. The van der Waals surface area contributed by atoms with Gasteiger partial charge < -0.3 is 9.64 Å². The third kappa shape index (κ3) is 4.29. The number of benzene rings is 1. The van der Waals surface area contributed by atoms with Gasteiger partial charge in [-0.2, -0.15) is 0 Å². The van der Waals surface area contributed by atoms with Gasteiger partial charge in [-0.05, 0) is 25.8 Å². The predicted octanol–water partition coefficient (Wildman–Crippen LogP) is 2.28. The van der Waals surface area contributed by atoms with E-state index in [1.165, 1.54) is 11.1 Å². The van der Waals surface area contributed by atoms with E-state index in [0.29, 0.717) is 26.3 Å². The quantitative estimate of drug-likeness (QED) is 0.904. The highest BCUT2D eigenvalue weighted by Crippen LogP contribution is 2.16. The molecule has 1 amide bonds. The molecule has 0 spiro atoms. The summed E-state index contributed by atoms with van der Waals surface area (Å²) in [5.74, 6) is 0.195. The fourth-order valence-corrected chi connectivity index (χ4v) is 2.71. The molecule has 1 aliphatic rings. The Kier molecular flexibility index (Phi) is 5.76. The van der Waals surface area contributed by atoms with E-state index in [9.17, 15) is 4.79 Å². The normalized spacial score (nSPS) is 18.3. The lowest BCUT2D eigenvalue weighted by Crippen LogP contribution is -2.50. The number of ether oxygens (including phenoxy) is 1. The molecule has 1 fully saturated rings. The summed E-state index contributed by atoms with van der Waals surface area (Å²) in [6.45, 7) is 8.96. The third-order valence-corrected chi connectivity index (χ3v) is 4.02. The van der Waals surface area contributed by atoms with E-state index < -0.39 is 0 Å². The average molecular weight is 290 g/mol. The Balaban J connectivity index is 1.99. The highest BCUT2D eigenvalue weighted by Gasteiger charge is 2.25. The van der Waals surface area contributed by atoms with Crippen LogP contribution in [0, 0.1) is 6.92 Å². The maximum absolute atomic E-state index is 12.6. The van der Waals surface area contributed by atoms with Crippen molar-refractivity contribution >= 4 is 5.91 Å². The summed E-state index contributed by atoms with van der Waals surface area (Å²) < 4.78 is 5.31. The number of hydrogen-bond donors (Lipinski definition) is 1. The Morgan fingerprint density at radius 1 is 1.38 bits per heavy atom. The molecule has 116 valence electrons. The van der Waals surface area contributed by atoms with Gasteiger partial charge >= 0.3 is 0 Å².